The summed E-state index contributed by atoms with van der Waals surface area (Å²) in [6.45, 7) is 3.57. The SMILES string of the molecule is CC(C)NC(=O)c1cnc(CO)[nH]1. The Morgan fingerprint density at radius 1 is 1.77 bits per heavy atom. The molecule has 0 spiro atoms. The van der Waals surface area contributed by atoms with Gasteiger partial charge in [-0.2, -0.15) is 0 Å². The van der Waals surface area contributed by atoms with Gasteiger partial charge in [0.25, 0.3) is 5.91 Å². The molecule has 0 saturated heterocycles. The molecule has 72 valence electrons. The van der Waals surface area contributed by atoms with E-state index >= 15 is 0 Å². The summed E-state index contributed by atoms with van der Waals surface area (Å²) in [5, 5.41) is 11.4. The number of aromatic nitrogens is 2. The molecular formula is C8H13N3O2. The van der Waals surface area contributed by atoms with E-state index in [1.165, 1.54) is 6.20 Å². The molecule has 0 aromatic carbocycles. The van der Waals surface area contributed by atoms with Crippen LogP contribution in [-0.2, 0) is 6.61 Å². The Kier molecular flexibility index (Phi) is 3.02. The first-order valence-electron chi connectivity index (χ1n) is 4.09. The minimum atomic E-state index is -0.206. The molecule has 0 saturated carbocycles. The zero-order valence-corrected chi connectivity index (χ0v) is 7.66. The molecule has 0 unspecified atom stereocenters. The summed E-state index contributed by atoms with van der Waals surface area (Å²) in [6, 6.07) is 0.0911. The fraction of sp³-hybridized carbons (Fsp3) is 0.500. The Bertz CT molecular complexity index is 293. The highest BCUT2D eigenvalue weighted by Crippen LogP contribution is 1.97. The van der Waals surface area contributed by atoms with Crippen LogP contribution in [0.5, 0.6) is 0 Å². The van der Waals surface area contributed by atoms with Gasteiger partial charge < -0.3 is 15.4 Å². The van der Waals surface area contributed by atoms with Gasteiger partial charge in [0.05, 0.1) is 6.20 Å². The smallest absolute Gasteiger partial charge is 0.269 e. The van der Waals surface area contributed by atoms with Crippen LogP contribution in [0.15, 0.2) is 6.20 Å². The van der Waals surface area contributed by atoms with Gasteiger partial charge in [-0.15, -0.1) is 0 Å². The maximum absolute atomic E-state index is 11.3. The second kappa shape index (κ2) is 4.04. The molecular weight excluding hydrogens is 170 g/mol. The lowest BCUT2D eigenvalue weighted by atomic mass is 10.3. The monoisotopic (exact) mass is 183 g/mol. The fourth-order valence-corrected chi connectivity index (χ4v) is 0.898. The Hall–Kier alpha value is -1.36. The fourth-order valence-electron chi connectivity index (χ4n) is 0.898. The van der Waals surface area contributed by atoms with Crippen molar-refractivity contribution in [2.24, 2.45) is 0 Å². The first-order chi connectivity index (χ1) is 6.13. The largest absolute Gasteiger partial charge is 0.388 e. The molecule has 0 atom stereocenters. The average Bonchev–Trinajstić information content (AvgIpc) is 2.50. The van der Waals surface area contributed by atoms with Gasteiger partial charge in [-0.25, -0.2) is 4.98 Å². The summed E-state index contributed by atoms with van der Waals surface area (Å²) in [4.78, 5) is 17.8. The number of amides is 1. The van der Waals surface area contributed by atoms with Gasteiger partial charge in [-0.3, -0.25) is 4.79 Å². The van der Waals surface area contributed by atoms with E-state index in [0.717, 1.165) is 0 Å². The van der Waals surface area contributed by atoms with Crippen molar-refractivity contribution in [2.75, 3.05) is 0 Å². The van der Waals surface area contributed by atoms with Crippen molar-refractivity contribution in [1.29, 1.82) is 0 Å². The summed E-state index contributed by atoms with van der Waals surface area (Å²) in [6.07, 6.45) is 1.41. The number of rotatable bonds is 3. The minimum absolute atomic E-state index is 0.0911. The highest BCUT2D eigenvalue weighted by atomic mass is 16.3. The van der Waals surface area contributed by atoms with E-state index in [2.05, 4.69) is 15.3 Å². The van der Waals surface area contributed by atoms with Gasteiger partial charge in [-0.1, -0.05) is 0 Å². The molecule has 0 aliphatic carbocycles. The van der Waals surface area contributed by atoms with Gasteiger partial charge >= 0.3 is 0 Å². The number of aliphatic hydroxyl groups is 1. The van der Waals surface area contributed by atoms with E-state index in [9.17, 15) is 4.79 Å². The number of H-pyrrole nitrogens is 1. The van der Waals surface area contributed by atoms with Crippen LogP contribution in [0.3, 0.4) is 0 Å². The molecule has 1 aromatic heterocycles. The lowest BCUT2D eigenvalue weighted by molar-refractivity contribution is 0.0938. The number of nitrogens with zero attached hydrogens (tertiary/aromatic N) is 1. The molecule has 0 fully saturated rings. The lowest BCUT2D eigenvalue weighted by Gasteiger charge is -2.05. The van der Waals surface area contributed by atoms with Crippen LogP contribution in [0.2, 0.25) is 0 Å². The Labute approximate surface area is 76.2 Å². The zero-order chi connectivity index (χ0) is 9.84. The van der Waals surface area contributed by atoms with Gasteiger partial charge in [-0.05, 0) is 13.8 Å². The van der Waals surface area contributed by atoms with Crippen molar-refractivity contribution >= 4 is 5.91 Å². The number of hydrogen-bond donors (Lipinski definition) is 3. The third kappa shape index (κ3) is 2.55. The van der Waals surface area contributed by atoms with Crippen molar-refractivity contribution in [3.8, 4) is 0 Å². The topological polar surface area (TPSA) is 78.0 Å². The molecule has 5 heteroatoms. The average molecular weight is 183 g/mol. The van der Waals surface area contributed by atoms with Crippen LogP contribution in [0.25, 0.3) is 0 Å². The maximum atomic E-state index is 11.3. The Morgan fingerprint density at radius 3 is 2.92 bits per heavy atom. The van der Waals surface area contributed by atoms with Crippen LogP contribution >= 0.6 is 0 Å². The van der Waals surface area contributed by atoms with Gasteiger partial charge in [0.15, 0.2) is 0 Å². The third-order valence-corrected chi connectivity index (χ3v) is 1.44. The summed E-state index contributed by atoms with van der Waals surface area (Å²) in [5.41, 5.74) is 0.373. The lowest BCUT2D eigenvalue weighted by Crippen LogP contribution is -2.30. The summed E-state index contributed by atoms with van der Waals surface area (Å²) < 4.78 is 0. The summed E-state index contributed by atoms with van der Waals surface area (Å²) >= 11 is 0. The molecule has 0 aliphatic heterocycles. The number of carbonyl (C=O) groups excluding carboxylic acids is 1. The summed E-state index contributed by atoms with van der Waals surface area (Å²) in [7, 11) is 0. The van der Waals surface area contributed by atoms with E-state index < -0.39 is 0 Å². The highest BCUT2D eigenvalue weighted by molar-refractivity contribution is 5.92. The molecule has 0 aliphatic rings. The first kappa shape index (κ1) is 9.73. The Balaban J connectivity index is 2.66. The normalized spacial score (nSPS) is 10.5. The maximum Gasteiger partial charge on any atom is 0.269 e. The van der Waals surface area contributed by atoms with Crippen molar-refractivity contribution < 1.29 is 9.90 Å². The van der Waals surface area contributed by atoms with E-state index in [-0.39, 0.29) is 18.6 Å². The van der Waals surface area contributed by atoms with Crippen molar-refractivity contribution in [2.45, 2.75) is 26.5 Å². The molecule has 0 radical (unpaired) electrons. The molecule has 0 bridgehead atoms. The van der Waals surface area contributed by atoms with Crippen molar-refractivity contribution in [1.82, 2.24) is 15.3 Å². The van der Waals surface area contributed by atoms with E-state index in [1.807, 2.05) is 13.8 Å². The molecule has 1 rings (SSSR count). The van der Waals surface area contributed by atoms with Gasteiger partial charge in [0, 0.05) is 6.04 Å². The second-order valence-corrected chi connectivity index (χ2v) is 3.03. The van der Waals surface area contributed by atoms with E-state index in [0.29, 0.717) is 11.5 Å². The predicted octanol–water partition coefficient (Wildman–Crippen LogP) is 0.0402. The number of carbonyl (C=O) groups is 1. The number of imidazole rings is 1. The first-order valence-corrected chi connectivity index (χ1v) is 4.09. The molecule has 13 heavy (non-hydrogen) atoms. The van der Waals surface area contributed by atoms with Crippen molar-refractivity contribution in [3.05, 3.63) is 17.7 Å². The second-order valence-electron chi connectivity index (χ2n) is 3.03. The predicted molar refractivity (Wildman–Crippen MR) is 47.1 cm³/mol. The van der Waals surface area contributed by atoms with E-state index in [4.69, 9.17) is 5.11 Å². The molecule has 1 amide bonds. The molecule has 1 aromatic rings. The number of nitrogens with one attached hydrogen (secondary N) is 2. The standard InChI is InChI=1S/C8H13N3O2/c1-5(2)10-8(13)6-3-9-7(4-12)11-6/h3,5,12H,4H2,1-2H3,(H,9,11)(H,10,13). The number of aromatic amines is 1. The van der Waals surface area contributed by atoms with Gasteiger partial charge in [0.1, 0.15) is 18.1 Å². The molecule has 3 N–H and O–H groups in total. The van der Waals surface area contributed by atoms with Crippen LogP contribution in [-0.4, -0.2) is 27.0 Å². The molecule has 1 heterocycles. The van der Waals surface area contributed by atoms with Crippen LogP contribution < -0.4 is 5.32 Å². The summed E-state index contributed by atoms with van der Waals surface area (Å²) in [5.74, 6) is 0.191. The number of hydrogen-bond acceptors (Lipinski definition) is 3. The van der Waals surface area contributed by atoms with Crippen LogP contribution in [0.4, 0.5) is 0 Å². The van der Waals surface area contributed by atoms with Crippen LogP contribution in [0, 0.1) is 0 Å². The van der Waals surface area contributed by atoms with Crippen molar-refractivity contribution in [3.63, 3.8) is 0 Å². The Morgan fingerprint density at radius 2 is 2.46 bits per heavy atom. The zero-order valence-electron chi connectivity index (χ0n) is 7.66. The quantitative estimate of drug-likeness (QED) is 0.619. The molecule has 5 nitrogen and oxygen atoms in total. The highest BCUT2D eigenvalue weighted by Gasteiger charge is 2.09. The van der Waals surface area contributed by atoms with Gasteiger partial charge in [0.2, 0.25) is 0 Å². The van der Waals surface area contributed by atoms with E-state index in [1.54, 1.807) is 0 Å². The van der Waals surface area contributed by atoms with Crippen LogP contribution in [0.1, 0.15) is 30.2 Å². The minimum Gasteiger partial charge on any atom is -0.388 e. The number of aliphatic hydroxyl groups excluding tert-OH is 1. The third-order valence-electron chi connectivity index (χ3n) is 1.44.